The molecule has 0 radical (unpaired) electrons. The topological polar surface area (TPSA) is 84.2 Å². The molecule has 25 heavy (non-hydrogen) atoms. The minimum absolute atomic E-state index is 0.148. The summed E-state index contributed by atoms with van der Waals surface area (Å²) in [6.07, 6.45) is 1.32. The first kappa shape index (κ1) is 18.7. The summed E-state index contributed by atoms with van der Waals surface area (Å²) >= 11 is 0. The Labute approximate surface area is 147 Å². The van der Waals surface area contributed by atoms with Crippen molar-refractivity contribution in [3.05, 3.63) is 52.8 Å². The fraction of sp³-hybridized carbons (Fsp3) is 0.421. The molecule has 0 aliphatic carbocycles. The lowest BCUT2D eigenvalue weighted by Crippen LogP contribution is -2.32. The molecule has 1 heterocycles. The second kappa shape index (κ2) is 8.46. The number of nitrogens with one attached hydrogen (secondary N) is 1. The first-order valence-corrected chi connectivity index (χ1v) is 8.51. The van der Waals surface area contributed by atoms with E-state index in [1.807, 2.05) is 43.7 Å². The summed E-state index contributed by atoms with van der Waals surface area (Å²) in [7, 11) is 0. The van der Waals surface area contributed by atoms with E-state index in [9.17, 15) is 9.59 Å². The highest BCUT2D eigenvalue weighted by Crippen LogP contribution is 2.10. The Hall–Kier alpha value is -2.63. The molecule has 2 aromatic rings. The van der Waals surface area contributed by atoms with Crippen molar-refractivity contribution in [2.45, 2.75) is 40.2 Å². The van der Waals surface area contributed by atoms with Crippen LogP contribution in [0.5, 0.6) is 0 Å². The highest BCUT2D eigenvalue weighted by Gasteiger charge is 2.17. The van der Waals surface area contributed by atoms with Gasteiger partial charge in [0, 0.05) is 17.8 Å². The fourth-order valence-corrected chi connectivity index (χ4v) is 2.75. The lowest BCUT2D eigenvalue weighted by molar-refractivity contribution is -0.141. The Kier molecular flexibility index (Phi) is 6.33. The van der Waals surface area contributed by atoms with E-state index in [4.69, 9.17) is 5.11 Å². The zero-order chi connectivity index (χ0) is 18.4. The predicted octanol–water partition coefficient (Wildman–Crippen LogP) is 2.78. The maximum absolute atomic E-state index is 12.2. The lowest BCUT2D eigenvalue weighted by atomic mass is 10.0. The van der Waals surface area contributed by atoms with Crippen molar-refractivity contribution < 1.29 is 14.7 Å². The van der Waals surface area contributed by atoms with Crippen LogP contribution in [-0.2, 0) is 11.3 Å². The number of hydrogen-bond acceptors (Lipinski definition) is 3. The molecule has 1 aromatic heterocycles. The van der Waals surface area contributed by atoms with Crippen LogP contribution in [0.1, 0.15) is 47.1 Å². The molecule has 0 saturated carbocycles. The molecule has 2 N–H and O–H groups in total. The molecule has 0 aliphatic rings. The number of hydrogen-bond donors (Lipinski definition) is 2. The zero-order valence-electron chi connectivity index (χ0n) is 15.0. The average Bonchev–Trinajstić information content (AvgIpc) is 2.89. The highest BCUT2D eigenvalue weighted by atomic mass is 16.4. The van der Waals surface area contributed by atoms with Gasteiger partial charge in [-0.15, -0.1) is 0 Å². The Balaban J connectivity index is 1.95. The van der Waals surface area contributed by atoms with Crippen molar-refractivity contribution in [1.29, 1.82) is 0 Å². The number of carbonyl (C=O) groups excluding carboxylic acids is 1. The van der Waals surface area contributed by atoms with E-state index >= 15 is 0 Å². The van der Waals surface area contributed by atoms with Gasteiger partial charge >= 0.3 is 5.97 Å². The van der Waals surface area contributed by atoms with Gasteiger partial charge in [0.1, 0.15) is 0 Å². The largest absolute Gasteiger partial charge is 0.481 e. The van der Waals surface area contributed by atoms with Crippen LogP contribution in [0.4, 0.5) is 0 Å². The van der Waals surface area contributed by atoms with Crippen LogP contribution in [0, 0.1) is 19.8 Å². The summed E-state index contributed by atoms with van der Waals surface area (Å²) in [4.78, 5) is 23.3. The minimum atomic E-state index is -0.873. The summed E-state index contributed by atoms with van der Waals surface area (Å²) in [5.41, 5.74) is 3.65. The SMILES string of the molecule is CCCC(CNC(=O)c1ccc(Cn2nc(C)cc2C)cc1)C(=O)O. The molecule has 1 aromatic carbocycles. The molecule has 0 aliphatic heterocycles. The van der Waals surface area contributed by atoms with Crippen LogP contribution in [-0.4, -0.2) is 33.3 Å². The zero-order valence-corrected chi connectivity index (χ0v) is 15.0. The lowest BCUT2D eigenvalue weighted by Gasteiger charge is -2.12. The monoisotopic (exact) mass is 343 g/mol. The standard InChI is InChI=1S/C19H25N3O3/c1-4-5-17(19(24)25)11-20-18(23)16-8-6-15(7-9-16)12-22-14(3)10-13(2)21-22/h6-10,17H,4-5,11-12H2,1-3H3,(H,20,23)(H,24,25). The van der Waals surface area contributed by atoms with Gasteiger partial charge in [-0.25, -0.2) is 0 Å². The fourth-order valence-electron chi connectivity index (χ4n) is 2.75. The normalized spacial score (nSPS) is 12.0. The Bertz CT molecular complexity index is 735. The number of rotatable bonds is 8. The molecular weight excluding hydrogens is 318 g/mol. The maximum atomic E-state index is 12.2. The van der Waals surface area contributed by atoms with Crippen LogP contribution in [0.25, 0.3) is 0 Å². The summed E-state index contributed by atoms with van der Waals surface area (Å²) in [6.45, 7) is 6.70. The molecule has 0 bridgehead atoms. The molecule has 0 saturated heterocycles. The molecule has 1 amide bonds. The second-order valence-corrected chi connectivity index (χ2v) is 6.32. The van der Waals surface area contributed by atoms with Gasteiger partial charge in [0.2, 0.25) is 0 Å². The van der Waals surface area contributed by atoms with Crippen LogP contribution in [0.15, 0.2) is 30.3 Å². The third-order valence-corrected chi connectivity index (χ3v) is 4.15. The number of aromatic nitrogens is 2. The van der Waals surface area contributed by atoms with E-state index in [-0.39, 0.29) is 12.5 Å². The van der Waals surface area contributed by atoms with Crippen LogP contribution >= 0.6 is 0 Å². The van der Waals surface area contributed by atoms with Gasteiger partial charge in [-0.2, -0.15) is 5.10 Å². The highest BCUT2D eigenvalue weighted by molar-refractivity contribution is 5.94. The van der Waals surface area contributed by atoms with Crippen LogP contribution in [0.2, 0.25) is 0 Å². The molecule has 1 atom stereocenters. The Morgan fingerprint density at radius 1 is 1.24 bits per heavy atom. The number of benzene rings is 1. The van der Waals surface area contributed by atoms with E-state index in [1.165, 1.54) is 0 Å². The summed E-state index contributed by atoms with van der Waals surface area (Å²) in [5.74, 6) is -1.67. The Morgan fingerprint density at radius 2 is 1.92 bits per heavy atom. The van der Waals surface area contributed by atoms with Crippen molar-refractivity contribution in [1.82, 2.24) is 15.1 Å². The number of carbonyl (C=O) groups is 2. The van der Waals surface area contributed by atoms with Gasteiger partial charge < -0.3 is 10.4 Å². The number of aryl methyl sites for hydroxylation is 2. The van der Waals surface area contributed by atoms with E-state index in [1.54, 1.807) is 12.1 Å². The second-order valence-electron chi connectivity index (χ2n) is 6.32. The molecule has 0 spiro atoms. The molecule has 0 fully saturated rings. The van der Waals surface area contributed by atoms with Crippen molar-refractivity contribution in [3.63, 3.8) is 0 Å². The van der Waals surface area contributed by atoms with Crippen molar-refractivity contribution in [2.75, 3.05) is 6.54 Å². The quantitative estimate of drug-likeness (QED) is 0.772. The minimum Gasteiger partial charge on any atom is -0.481 e. The average molecular weight is 343 g/mol. The predicted molar refractivity (Wildman–Crippen MR) is 95.6 cm³/mol. The number of carboxylic acids is 1. The molecular formula is C19H25N3O3. The van der Waals surface area contributed by atoms with Crippen molar-refractivity contribution in [2.24, 2.45) is 5.92 Å². The van der Waals surface area contributed by atoms with E-state index in [0.29, 0.717) is 18.5 Å². The number of carboxylic acid groups (broad SMARTS) is 1. The van der Waals surface area contributed by atoms with E-state index < -0.39 is 11.9 Å². The van der Waals surface area contributed by atoms with E-state index in [2.05, 4.69) is 10.4 Å². The third kappa shape index (κ3) is 5.17. The van der Waals surface area contributed by atoms with Gasteiger partial charge in [0.25, 0.3) is 5.91 Å². The summed E-state index contributed by atoms with van der Waals surface area (Å²) in [6, 6.07) is 9.33. The first-order valence-electron chi connectivity index (χ1n) is 8.51. The van der Waals surface area contributed by atoms with Gasteiger partial charge in [-0.05, 0) is 44.0 Å². The Morgan fingerprint density at radius 3 is 2.44 bits per heavy atom. The molecule has 6 nitrogen and oxygen atoms in total. The summed E-state index contributed by atoms with van der Waals surface area (Å²) in [5, 5.41) is 16.3. The van der Waals surface area contributed by atoms with Crippen molar-refractivity contribution in [3.8, 4) is 0 Å². The molecule has 6 heteroatoms. The van der Waals surface area contributed by atoms with Crippen LogP contribution < -0.4 is 5.32 Å². The van der Waals surface area contributed by atoms with Gasteiger partial charge in [0.05, 0.1) is 18.2 Å². The van der Waals surface area contributed by atoms with Crippen molar-refractivity contribution >= 4 is 11.9 Å². The van der Waals surface area contributed by atoms with Crippen LogP contribution in [0.3, 0.4) is 0 Å². The molecule has 2 rings (SSSR count). The van der Waals surface area contributed by atoms with Gasteiger partial charge in [0.15, 0.2) is 0 Å². The van der Waals surface area contributed by atoms with Gasteiger partial charge in [-0.1, -0.05) is 25.5 Å². The van der Waals surface area contributed by atoms with Gasteiger partial charge in [-0.3, -0.25) is 14.3 Å². The smallest absolute Gasteiger partial charge is 0.308 e. The number of nitrogens with zero attached hydrogens (tertiary/aromatic N) is 2. The number of amides is 1. The third-order valence-electron chi connectivity index (χ3n) is 4.15. The number of aliphatic carboxylic acids is 1. The summed E-state index contributed by atoms with van der Waals surface area (Å²) < 4.78 is 1.92. The first-order chi connectivity index (χ1) is 11.9. The van der Waals surface area contributed by atoms with E-state index in [0.717, 1.165) is 23.4 Å². The maximum Gasteiger partial charge on any atom is 0.308 e. The molecule has 1 unspecified atom stereocenters. The molecule has 134 valence electrons.